The number of piperidine rings is 1. The van der Waals surface area contributed by atoms with Gasteiger partial charge in [0.2, 0.25) is 5.91 Å². The van der Waals surface area contributed by atoms with Crippen LogP contribution >= 0.6 is 11.3 Å². The maximum atomic E-state index is 12.6. The predicted octanol–water partition coefficient (Wildman–Crippen LogP) is 2.24. The van der Waals surface area contributed by atoms with Crippen molar-refractivity contribution in [3.63, 3.8) is 0 Å². The van der Waals surface area contributed by atoms with Crippen molar-refractivity contribution in [3.8, 4) is 0 Å². The van der Waals surface area contributed by atoms with E-state index >= 15 is 0 Å². The maximum Gasteiger partial charge on any atom is 0.253 e. The number of likely N-dealkylation sites (tertiary alicyclic amines) is 1. The molecule has 1 saturated heterocycles. The highest BCUT2D eigenvalue weighted by molar-refractivity contribution is 7.09. The van der Waals surface area contributed by atoms with E-state index in [9.17, 15) is 9.59 Å². The van der Waals surface area contributed by atoms with E-state index in [1.807, 2.05) is 4.90 Å². The van der Waals surface area contributed by atoms with Gasteiger partial charge in [0.25, 0.3) is 5.91 Å². The van der Waals surface area contributed by atoms with Gasteiger partial charge >= 0.3 is 0 Å². The predicted molar refractivity (Wildman–Crippen MR) is 96.6 cm³/mol. The van der Waals surface area contributed by atoms with Crippen LogP contribution < -0.4 is 5.32 Å². The number of carbonyl (C=O) groups is 2. The third kappa shape index (κ3) is 4.63. The van der Waals surface area contributed by atoms with Crippen molar-refractivity contribution >= 4 is 23.2 Å². The molecule has 1 N–H and O–H groups in total. The zero-order chi connectivity index (χ0) is 17.6. The summed E-state index contributed by atoms with van der Waals surface area (Å²) in [7, 11) is 0. The monoisotopic (exact) mass is 358 g/mol. The first kappa shape index (κ1) is 17.5. The van der Waals surface area contributed by atoms with Crippen LogP contribution in [0.3, 0.4) is 0 Å². The first-order chi connectivity index (χ1) is 12.1. The van der Waals surface area contributed by atoms with Gasteiger partial charge in [0.05, 0.1) is 10.7 Å². The van der Waals surface area contributed by atoms with E-state index in [2.05, 4.69) is 15.7 Å². The van der Waals surface area contributed by atoms with Gasteiger partial charge in [-0.2, -0.15) is 0 Å². The Labute approximate surface area is 151 Å². The van der Waals surface area contributed by atoms with Crippen LogP contribution in [0.25, 0.3) is 0 Å². The Morgan fingerprint density at radius 2 is 2.16 bits per heavy atom. The lowest BCUT2D eigenvalue weighted by Crippen LogP contribution is -2.39. The number of nitrogens with one attached hydrogen (secondary N) is 1. The Morgan fingerprint density at radius 1 is 1.36 bits per heavy atom. The summed E-state index contributed by atoms with van der Waals surface area (Å²) in [6, 6.07) is 3.52. The standard InChI is InChI=1S/C18H22N4O2S/c1-13(23)20-9-6-16-12-25-17(21-16)15-3-2-10-22(11-15)18(24)14-4-7-19-8-5-14/h4-5,7-8,12,15H,2-3,6,9-11H2,1H3,(H,20,23). The van der Waals surface area contributed by atoms with Crippen molar-refractivity contribution < 1.29 is 9.59 Å². The van der Waals surface area contributed by atoms with Crippen molar-refractivity contribution in [3.05, 3.63) is 46.2 Å². The van der Waals surface area contributed by atoms with E-state index in [0.29, 0.717) is 24.6 Å². The number of hydrogen-bond acceptors (Lipinski definition) is 5. The van der Waals surface area contributed by atoms with E-state index in [1.54, 1.807) is 35.9 Å². The van der Waals surface area contributed by atoms with Crippen LogP contribution in [0.1, 0.15) is 46.7 Å². The minimum Gasteiger partial charge on any atom is -0.356 e. The molecule has 0 saturated carbocycles. The fraction of sp³-hybridized carbons (Fsp3) is 0.444. The second kappa shape index (κ2) is 8.20. The molecule has 1 atom stereocenters. The molecule has 25 heavy (non-hydrogen) atoms. The molecule has 3 rings (SSSR count). The largest absolute Gasteiger partial charge is 0.356 e. The molecule has 1 fully saturated rings. The minimum absolute atomic E-state index is 0.0204. The Balaban J connectivity index is 1.61. The van der Waals surface area contributed by atoms with Crippen molar-refractivity contribution in [2.45, 2.75) is 32.1 Å². The molecule has 0 bridgehead atoms. The molecule has 0 aliphatic carbocycles. The van der Waals surface area contributed by atoms with Crippen molar-refractivity contribution in [2.24, 2.45) is 0 Å². The molecular weight excluding hydrogens is 336 g/mol. The van der Waals surface area contributed by atoms with E-state index in [4.69, 9.17) is 4.98 Å². The second-order valence-electron chi connectivity index (χ2n) is 6.24. The van der Waals surface area contributed by atoms with Gasteiger partial charge in [0.15, 0.2) is 0 Å². The van der Waals surface area contributed by atoms with E-state index in [0.717, 1.165) is 36.5 Å². The van der Waals surface area contributed by atoms with Crippen molar-refractivity contribution in [1.82, 2.24) is 20.2 Å². The minimum atomic E-state index is -0.0204. The van der Waals surface area contributed by atoms with Crippen LogP contribution in [-0.4, -0.2) is 46.3 Å². The fourth-order valence-electron chi connectivity index (χ4n) is 3.03. The number of thiazole rings is 1. The number of nitrogens with zero attached hydrogens (tertiary/aromatic N) is 3. The lowest BCUT2D eigenvalue weighted by atomic mass is 9.98. The molecule has 2 aromatic rings. The van der Waals surface area contributed by atoms with Crippen LogP contribution in [-0.2, 0) is 11.2 Å². The zero-order valence-electron chi connectivity index (χ0n) is 14.3. The molecule has 7 heteroatoms. The molecule has 3 heterocycles. The fourth-order valence-corrected chi connectivity index (χ4v) is 4.01. The highest BCUT2D eigenvalue weighted by atomic mass is 32.1. The van der Waals surface area contributed by atoms with Crippen LogP contribution in [0.2, 0.25) is 0 Å². The van der Waals surface area contributed by atoms with Gasteiger partial charge in [-0.05, 0) is 25.0 Å². The topological polar surface area (TPSA) is 75.2 Å². The third-order valence-electron chi connectivity index (χ3n) is 4.31. The van der Waals surface area contributed by atoms with Crippen molar-refractivity contribution in [2.75, 3.05) is 19.6 Å². The summed E-state index contributed by atoms with van der Waals surface area (Å²) in [6.07, 6.45) is 6.08. The average Bonchev–Trinajstić information content (AvgIpc) is 3.10. The lowest BCUT2D eigenvalue weighted by Gasteiger charge is -2.31. The molecule has 132 valence electrons. The van der Waals surface area contributed by atoms with Gasteiger partial charge in [-0.15, -0.1) is 11.3 Å². The number of carbonyl (C=O) groups excluding carboxylic acids is 2. The van der Waals surface area contributed by atoms with Crippen LogP contribution in [0.4, 0.5) is 0 Å². The summed E-state index contributed by atoms with van der Waals surface area (Å²) in [5.74, 6) is 0.335. The van der Waals surface area contributed by atoms with Crippen LogP contribution in [0.15, 0.2) is 29.9 Å². The highest BCUT2D eigenvalue weighted by Crippen LogP contribution is 2.30. The number of pyridine rings is 1. The smallest absolute Gasteiger partial charge is 0.253 e. The zero-order valence-corrected chi connectivity index (χ0v) is 15.1. The summed E-state index contributed by atoms with van der Waals surface area (Å²) >= 11 is 1.65. The van der Waals surface area contributed by atoms with Gasteiger partial charge < -0.3 is 10.2 Å². The molecule has 0 aromatic carbocycles. The van der Waals surface area contributed by atoms with Gasteiger partial charge in [-0.1, -0.05) is 0 Å². The van der Waals surface area contributed by atoms with Gasteiger partial charge in [0, 0.05) is 62.2 Å². The maximum absolute atomic E-state index is 12.6. The number of aromatic nitrogens is 2. The van der Waals surface area contributed by atoms with E-state index in [1.165, 1.54) is 6.92 Å². The molecule has 2 aromatic heterocycles. The average molecular weight is 358 g/mol. The molecule has 1 aliphatic heterocycles. The van der Waals surface area contributed by atoms with Crippen molar-refractivity contribution in [1.29, 1.82) is 0 Å². The third-order valence-corrected chi connectivity index (χ3v) is 5.37. The molecule has 1 aliphatic rings. The summed E-state index contributed by atoms with van der Waals surface area (Å²) in [6.45, 7) is 3.62. The molecule has 6 nitrogen and oxygen atoms in total. The SMILES string of the molecule is CC(=O)NCCc1csc(C2CCCN(C(=O)c3ccncc3)C2)n1. The normalized spacial score (nSPS) is 17.3. The van der Waals surface area contributed by atoms with E-state index < -0.39 is 0 Å². The lowest BCUT2D eigenvalue weighted by molar-refractivity contribution is -0.118. The first-order valence-corrected chi connectivity index (χ1v) is 9.39. The summed E-state index contributed by atoms with van der Waals surface area (Å²) in [4.78, 5) is 34.2. The summed E-state index contributed by atoms with van der Waals surface area (Å²) in [5, 5.41) is 5.94. The first-order valence-electron chi connectivity index (χ1n) is 8.51. The van der Waals surface area contributed by atoms with Crippen LogP contribution in [0.5, 0.6) is 0 Å². The molecule has 0 spiro atoms. The molecule has 0 radical (unpaired) electrons. The quantitative estimate of drug-likeness (QED) is 0.889. The number of amides is 2. The summed E-state index contributed by atoms with van der Waals surface area (Å²) in [5.41, 5.74) is 1.69. The van der Waals surface area contributed by atoms with Gasteiger partial charge in [0.1, 0.15) is 0 Å². The Kier molecular flexibility index (Phi) is 5.75. The number of rotatable bonds is 5. The number of hydrogen-bond donors (Lipinski definition) is 1. The highest BCUT2D eigenvalue weighted by Gasteiger charge is 2.27. The Bertz CT molecular complexity index is 732. The van der Waals surface area contributed by atoms with E-state index in [-0.39, 0.29) is 11.8 Å². The Hall–Kier alpha value is -2.28. The molecule has 1 unspecified atom stereocenters. The Morgan fingerprint density at radius 3 is 2.92 bits per heavy atom. The molecular formula is C18H22N4O2S. The van der Waals surface area contributed by atoms with Crippen LogP contribution in [0, 0.1) is 0 Å². The van der Waals surface area contributed by atoms with Gasteiger partial charge in [-0.3, -0.25) is 14.6 Å². The second-order valence-corrected chi connectivity index (χ2v) is 7.13. The summed E-state index contributed by atoms with van der Waals surface area (Å²) < 4.78 is 0. The molecule has 2 amide bonds. The van der Waals surface area contributed by atoms with Gasteiger partial charge in [-0.25, -0.2) is 4.98 Å².